The molecule has 17 heavy (non-hydrogen) atoms. The first-order valence-electron chi connectivity index (χ1n) is 6.12. The highest BCUT2D eigenvalue weighted by molar-refractivity contribution is 5.50. The van der Waals surface area contributed by atoms with Crippen molar-refractivity contribution >= 4 is 6.08 Å². The van der Waals surface area contributed by atoms with Crippen LogP contribution >= 0.6 is 0 Å². The van der Waals surface area contributed by atoms with Crippen LogP contribution in [0.5, 0.6) is 0 Å². The third-order valence-electron chi connectivity index (χ3n) is 2.64. The summed E-state index contributed by atoms with van der Waals surface area (Å²) >= 11 is 0. The van der Waals surface area contributed by atoms with E-state index in [4.69, 9.17) is 5.11 Å². The molecule has 1 aromatic rings. The number of benzene rings is 1. The first kappa shape index (κ1) is 13.9. The molecular formula is C15H23NO. The largest absolute Gasteiger partial charge is 0.395 e. The first-order chi connectivity index (χ1) is 8.04. The number of rotatable bonds is 5. The summed E-state index contributed by atoms with van der Waals surface area (Å²) in [5.41, 5.74) is 2.78. The van der Waals surface area contributed by atoms with Crippen LogP contribution in [0.1, 0.15) is 31.9 Å². The van der Waals surface area contributed by atoms with Gasteiger partial charge in [0.05, 0.1) is 6.61 Å². The molecule has 1 aromatic carbocycles. The summed E-state index contributed by atoms with van der Waals surface area (Å²) in [6.45, 7) is 8.28. The minimum atomic E-state index is 0.189. The second-order valence-corrected chi connectivity index (χ2v) is 5.20. The maximum Gasteiger partial charge on any atom is 0.0556 e. The number of hydrogen-bond donors (Lipinski definition) is 2. The van der Waals surface area contributed by atoms with Crippen LogP contribution in [0.4, 0.5) is 0 Å². The van der Waals surface area contributed by atoms with Gasteiger partial charge in [0, 0.05) is 13.1 Å². The number of nitrogens with one attached hydrogen (secondary N) is 1. The quantitative estimate of drug-likeness (QED) is 0.766. The van der Waals surface area contributed by atoms with Crippen LogP contribution in [0, 0.1) is 0 Å². The fourth-order valence-electron chi connectivity index (χ4n) is 1.55. The number of aliphatic hydroxyl groups excluding tert-OH is 1. The minimum absolute atomic E-state index is 0.189. The Morgan fingerprint density at radius 2 is 1.82 bits per heavy atom. The first-order valence-corrected chi connectivity index (χ1v) is 6.12. The second kappa shape index (κ2) is 6.58. The normalized spacial score (nSPS) is 12.2. The smallest absolute Gasteiger partial charge is 0.0556 e. The van der Waals surface area contributed by atoms with Gasteiger partial charge in [0.2, 0.25) is 0 Å². The Morgan fingerprint density at radius 3 is 2.35 bits per heavy atom. The van der Waals surface area contributed by atoms with Crippen molar-refractivity contribution in [3.63, 3.8) is 0 Å². The minimum Gasteiger partial charge on any atom is -0.395 e. The Morgan fingerprint density at radius 1 is 1.18 bits per heavy atom. The predicted molar refractivity (Wildman–Crippen MR) is 74.1 cm³/mol. The van der Waals surface area contributed by atoms with E-state index >= 15 is 0 Å². The summed E-state index contributed by atoms with van der Waals surface area (Å²) in [7, 11) is 0. The van der Waals surface area contributed by atoms with Crippen LogP contribution in [0.2, 0.25) is 0 Å². The molecule has 94 valence electrons. The van der Waals surface area contributed by atoms with Gasteiger partial charge in [-0.1, -0.05) is 57.2 Å². The SMILES string of the molecule is CC(C)(C)c1ccc(/C=C/CNCCO)cc1. The number of aliphatic hydroxyl groups is 1. The molecule has 0 spiro atoms. The van der Waals surface area contributed by atoms with Gasteiger partial charge in [-0.2, -0.15) is 0 Å². The van der Waals surface area contributed by atoms with Crippen LogP contribution in [0.3, 0.4) is 0 Å². The van der Waals surface area contributed by atoms with E-state index in [9.17, 15) is 0 Å². The molecule has 0 aliphatic rings. The zero-order chi connectivity index (χ0) is 12.7. The molecule has 0 atom stereocenters. The monoisotopic (exact) mass is 233 g/mol. The van der Waals surface area contributed by atoms with Crippen molar-refractivity contribution in [2.45, 2.75) is 26.2 Å². The van der Waals surface area contributed by atoms with Crippen molar-refractivity contribution < 1.29 is 5.11 Å². The molecule has 0 bridgehead atoms. The Labute approximate surface area is 104 Å². The van der Waals surface area contributed by atoms with Crippen molar-refractivity contribution in [3.8, 4) is 0 Å². The van der Waals surface area contributed by atoms with Crippen molar-refractivity contribution in [3.05, 3.63) is 41.5 Å². The van der Waals surface area contributed by atoms with Gasteiger partial charge in [-0.3, -0.25) is 0 Å². The molecule has 0 aromatic heterocycles. The van der Waals surface area contributed by atoms with Crippen LogP contribution < -0.4 is 5.32 Å². The highest BCUT2D eigenvalue weighted by Crippen LogP contribution is 2.22. The van der Waals surface area contributed by atoms with E-state index in [0.717, 1.165) is 6.54 Å². The molecule has 0 aliphatic carbocycles. The molecule has 0 unspecified atom stereocenters. The lowest BCUT2D eigenvalue weighted by atomic mass is 9.87. The van der Waals surface area contributed by atoms with Gasteiger partial charge in [0.25, 0.3) is 0 Å². The van der Waals surface area contributed by atoms with E-state index in [-0.39, 0.29) is 12.0 Å². The lowest BCUT2D eigenvalue weighted by molar-refractivity contribution is 0.294. The molecule has 0 fully saturated rings. The standard InChI is InChI=1S/C15H23NO/c1-15(2,3)14-8-6-13(7-9-14)5-4-10-16-11-12-17/h4-9,16-17H,10-12H2,1-3H3/b5-4+. The summed E-state index contributed by atoms with van der Waals surface area (Å²) in [4.78, 5) is 0. The van der Waals surface area contributed by atoms with Crippen LogP contribution in [0.25, 0.3) is 6.08 Å². The third-order valence-corrected chi connectivity index (χ3v) is 2.64. The third kappa shape index (κ3) is 5.16. The van der Waals surface area contributed by atoms with Gasteiger partial charge in [0.1, 0.15) is 0 Å². The molecule has 2 heteroatoms. The molecule has 0 radical (unpaired) electrons. The zero-order valence-electron chi connectivity index (χ0n) is 11.0. The Hall–Kier alpha value is -1.12. The highest BCUT2D eigenvalue weighted by atomic mass is 16.3. The summed E-state index contributed by atoms with van der Waals surface area (Å²) in [5.74, 6) is 0. The maximum atomic E-state index is 8.60. The summed E-state index contributed by atoms with van der Waals surface area (Å²) in [6.07, 6.45) is 4.17. The number of hydrogen-bond acceptors (Lipinski definition) is 2. The van der Waals surface area contributed by atoms with Gasteiger partial charge >= 0.3 is 0 Å². The van der Waals surface area contributed by atoms with Gasteiger partial charge in [0.15, 0.2) is 0 Å². The van der Waals surface area contributed by atoms with Gasteiger partial charge in [-0.15, -0.1) is 0 Å². The van der Waals surface area contributed by atoms with Crippen molar-refractivity contribution in [2.24, 2.45) is 0 Å². The molecule has 0 saturated heterocycles. The fraction of sp³-hybridized carbons (Fsp3) is 0.467. The van der Waals surface area contributed by atoms with Gasteiger partial charge in [-0.25, -0.2) is 0 Å². The molecular weight excluding hydrogens is 210 g/mol. The summed E-state index contributed by atoms with van der Waals surface area (Å²) < 4.78 is 0. The Bertz CT molecular complexity index is 346. The molecule has 0 amide bonds. The predicted octanol–water partition coefficient (Wildman–Crippen LogP) is 2.58. The van der Waals surface area contributed by atoms with E-state index in [1.807, 2.05) is 0 Å². The fourth-order valence-corrected chi connectivity index (χ4v) is 1.55. The van der Waals surface area contributed by atoms with Gasteiger partial charge in [-0.05, 0) is 16.5 Å². The lowest BCUT2D eigenvalue weighted by Crippen LogP contribution is -2.17. The Balaban J connectivity index is 2.51. The van der Waals surface area contributed by atoms with Crippen molar-refractivity contribution in [1.29, 1.82) is 0 Å². The lowest BCUT2D eigenvalue weighted by Gasteiger charge is -2.18. The topological polar surface area (TPSA) is 32.3 Å². The maximum absolute atomic E-state index is 8.60. The zero-order valence-corrected chi connectivity index (χ0v) is 11.0. The van der Waals surface area contributed by atoms with Gasteiger partial charge < -0.3 is 10.4 Å². The van der Waals surface area contributed by atoms with E-state index in [2.05, 4.69) is 62.5 Å². The van der Waals surface area contributed by atoms with Crippen LogP contribution in [0.15, 0.2) is 30.3 Å². The van der Waals surface area contributed by atoms with Crippen LogP contribution in [-0.4, -0.2) is 24.8 Å². The van der Waals surface area contributed by atoms with E-state index in [0.29, 0.717) is 6.54 Å². The molecule has 0 heterocycles. The summed E-state index contributed by atoms with van der Waals surface area (Å²) in [5, 5.41) is 11.7. The molecule has 0 saturated carbocycles. The van der Waals surface area contributed by atoms with Crippen molar-refractivity contribution in [1.82, 2.24) is 5.32 Å². The Kier molecular flexibility index (Phi) is 5.39. The second-order valence-electron chi connectivity index (χ2n) is 5.20. The molecule has 1 rings (SSSR count). The summed E-state index contributed by atoms with van der Waals surface area (Å²) in [6, 6.07) is 8.65. The average Bonchev–Trinajstić information content (AvgIpc) is 2.28. The average molecular weight is 233 g/mol. The molecule has 2 N–H and O–H groups in total. The van der Waals surface area contributed by atoms with E-state index < -0.39 is 0 Å². The van der Waals surface area contributed by atoms with E-state index in [1.165, 1.54) is 11.1 Å². The molecule has 0 aliphatic heterocycles. The van der Waals surface area contributed by atoms with Crippen LogP contribution in [-0.2, 0) is 5.41 Å². The van der Waals surface area contributed by atoms with Crippen molar-refractivity contribution in [2.75, 3.05) is 19.7 Å². The van der Waals surface area contributed by atoms with E-state index in [1.54, 1.807) is 0 Å². The molecule has 2 nitrogen and oxygen atoms in total. The highest BCUT2D eigenvalue weighted by Gasteiger charge is 2.12.